The number of aromatic hydroxyl groups is 1. The van der Waals surface area contributed by atoms with E-state index >= 15 is 0 Å². The Kier molecular flexibility index (Phi) is 1.43. The van der Waals surface area contributed by atoms with Crippen molar-refractivity contribution < 1.29 is 9.90 Å². The van der Waals surface area contributed by atoms with Gasteiger partial charge in [-0.2, -0.15) is 0 Å². The first kappa shape index (κ1) is 7.03. The number of benzene rings is 1. The maximum absolute atomic E-state index is 10.9. The molecule has 1 amide bonds. The van der Waals surface area contributed by atoms with E-state index in [0.717, 1.165) is 5.22 Å². The molecule has 0 bridgehead atoms. The lowest BCUT2D eigenvalue weighted by Crippen LogP contribution is -2.29. The summed E-state index contributed by atoms with van der Waals surface area (Å²) in [6.45, 7) is 0. The SMILES string of the molecule is O=C1CC=c2cccc(O)c2=N1. The first-order valence-corrected chi connectivity index (χ1v) is 3.67. The molecule has 1 aromatic rings. The van der Waals surface area contributed by atoms with Crippen molar-refractivity contribution in [3.63, 3.8) is 0 Å². The van der Waals surface area contributed by atoms with Crippen LogP contribution in [0.1, 0.15) is 6.42 Å². The van der Waals surface area contributed by atoms with Crippen LogP contribution in [0.5, 0.6) is 5.75 Å². The van der Waals surface area contributed by atoms with Gasteiger partial charge in [0.15, 0.2) is 0 Å². The number of phenolic OH excluding ortho intramolecular Hbond substituents is 1. The number of rotatable bonds is 0. The van der Waals surface area contributed by atoms with Gasteiger partial charge in [-0.15, -0.1) is 0 Å². The van der Waals surface area contributed by atoms with Crippen molar-refractivity contribution in [2.24, 2.45) is 4.99 Å². The molecule has 0 atom stereocenters. The molecule has 1 aromatic carbocycles. The number of nitrogens with zero attached hydrogens (tertiary/aromatic N) is 1. The number of amides is 1. The molecular formula is C9H7NO2. The molecule has 0 saturated heterocycles. The Balaban J connectivity index is 2.89. The molecule has 1 aliphatic heterocycles. The molecule has 0 radical (unpaired) electrons. The Morgan fingerprint density at radius 2 is 2.25 bits per heavy atom. The van der Waals surface area contributed by atoms with Crippen LogP contribution in [0.15, 0.2) is 23.2 Å². The molecule has 3 heteroatoms. The predicted octanol–water partition coefficient (Wildman–Crippen LogP) is -0.277. The number of phenols is 1. The minimum absolute atomic E-state index is 0.0665. The third kappa shape index (κ3) is 0.993. The summed E-state index contributed by atoms with van der Waals surface area (Å²) in [5.41, 5.74) is 0. The molecule has 0 saturated carbocycles. The quantitative estimate of drug-likeness (QED) is 0.569. The minimum Gasteiger partial charge on any atom is -0.506 e. The van der Waals surface area contributed by atoms with Gasteiger partial charge in [0.25, 0.3) is 0 Å². The van der Waals surface area contributed by atoms with E-state index < -0.39 is 0 Å². The van der Waals surface area contributed by atoms with Crippen LogP contribution in [0.4, 0.5) is 0 Å². The van der Waals surface area contributed by atoms with Gasteiger partial charge < -0.3 is 5.11 Å². The monoisotopic (exact) mass is 161 g/mol. The zero-order chi connectivity index (χ0) is 8.55. The van der Waals surface area contributed by atoms with E-state index in [2.05, 4.69) is 4.99 Å². The van der Waals surface area contributed by atoms with Gasteiger partial charge in [-0.3, -0.25) is 4.79 Å². The van der Waals surface area contributed by atoms with Crippen molar-refractivity contribution in [1.29, 1.82) is 0 Å². The summed E-state index contributed by atoms with van der Waals surface area (Å²) in [7, 11) is 0. The first-order valence-electron chi connectivity index (χ1n) is 3.67. The average molecular weight is 161 g/mol. The lowest BCUT2D eigenvalue weighted by molar-refractivity contribution is -0.117. The molecular weight excluding hydrogens is 154 g/mol. The molecule has 3 nitrogen and oxygen atoms in total. The molecule has 1 heterocycles. The lowest BCUT2D eigenvalue weighted by atomic mass is 10.2. The predicted molar refractivity (Wildman–Crippen MR) is 43.0 cm³/mol. The fraction of sp³-hybridized carbons (Fsp3) is 0.111. The van der Waals surface area contributed by atoms with Crippen LogP contribution < -0.4 is 10.6 Å². The Hall–Kier alpha value is -1.64. The van der Waals surface area contributed by atoms with Gasteiger partial charge in [0.1, 0.15) is 11.1 Å². The highest BCUT2D eigenvalue weighted by molar-refractivity contribution is 5.83. The largest absolute Gasteiger partial charge is 0.506 e. The molecule has 0 aromatic heterocycles. The highest BCUT2D eigenvalue weighted by Gasteiger charge is 2.04. The second-order valence-corrected chi connectivity index (χ2v) is 2.63. The number of hydrogen-bond donors (Lipinski definition) is 1. The van der Waals surface area contributed by atoms with Gasteiger partial charge in [-0.05, 0) is 6.07 Å². The molecule has 1 N–H and O–H groups in total. The van der Waals surface area contributed by atoms with Crippen molar-refractivity contribution in [2.45, 2.75) is 6.42 Å². The number of hydrogen-bond acceptors (Lipinski definition) is 2. The Morgan fingerprint density at radius 3 is 3.08 bits per heavy atom. The van der Waals surface area contributed by atoms with Gasteiger partial charge in [0.05, 0.1) is 0 Å². The number of fused-ring (bicyclic) bond motifs is 1. The minimum atomic E-state index is -0.205. The van der Waals surface area contributed by atoms with Gasteiger partial charge in [0.2, 0.25) is 5.91 Å². The second kappa shape index (κ2) is 2.44. The van der Waals surface area contributed by atoms with Crippen molar-refractivity contribution in [2.75, 3.05) is 0 Å². The highest BCUT2D eigenvalue weighted by atomic mass is 16.3. The number of carbonyl (C=O) groups excluding carboxylic acids is 1. The molecule has 60 valence electrons. The van der Waals surface area contributed by atoms with Crippen LogP contribution in [0.25, 0.3) is 6.08 Å². The van der Waals surface area contributed by atoms with E-state index in [1.807, 2.05) is 6.07 Å². The first-order chi connectivity index (χ1) is 5.77. The summed E-state index contributed by atoms with van der Waals surface area (Å²) < 4.78 is 0. The maximum Gasteiger partial charge on any atom is 0.250 e. The van der Waals surface area contributed by atoms with Crippen LogP contribution >= 0.6 is 0 Å². The van der Waals surface area contributed by atoms with E-state index in [4.69, 9.17) is 0 Å². The summed E-state index contributed by atoms with van der Waals surface area (Å²) in [6.07, 6.45) is 2.10. The normalized spacial score (nSPS) is 14.5. The third-order valence-electron chi connectivity index (χ3n) is 1.78. The van der Waals surface area contributed by atoms with E-state index in [9.17, 15) is 9.90 Å². The van der Waals surface area contributed by atoms with Crippen LogP contribution in [-0.4, -0.2) is 11.0 Å². The summed E-state index contributed by atoms with van der Waals surface area (Å²) in [5.74, 6) is -0.138. The van der Waals surface area contributed by atoms with Gasteiger partial charge >= 0.3 is 0 Å². The molecule has 0 spiro atoms. The van der Waals surface area contributed by atoms with E-state index in [1.165, 1.54) is 6.07 Å². The summed E-state index contributed by atoms with van der Waals surface area (Å²) in [4.78, 5) is 14.6. The molecule has 0 unspecified atom stereocenters. The van der Waals surface area contributed by atoms with Crippen molar-refractivity contribution in [3.05, 3.63) is 28.8 Å². The van der Waals surface area contributed by atoms with Gasteiger partial charge in [-0.25, -0.2) is 4.99 Å². The van der Waals surface area contributed by atoms with Gasteiger partial charge in [0, 0.05) is 11.6 Å². The standard InChI is InChI=1S/C9H7NO2/c11-7-3-1-2-6-4-5-8(12)10-9(6)7/h1-4,11H,5H2. The van der Waals surface area contributed by atoms with E-state index in [-0.39, 0.29) is 11.7 Å². The van der Waals surface area contributed by atoms with E-state index in [1.54, 1.807) is 12.1 Å². The summed E-state index contributed by atoms with van der Waals surface area (Å²) in [6, 6.07) is 5.08. The van der Waals surface area contributed by atoms with Crippen LogP contribution in [0, 0.1) is 0 Å². The summed E-state index contributed by atoms with van der Waals surface area (Å²) >= 11 is 0. The third-order valence-corrected chi connectivity index (χ3v) is 1.78. The molecule has 1 aliphatic rings. The highest BCUT2D eigenvalue weighted by Crippen LogP contribution is 1.98. The molecule has 2 rings (SSSR count). The molecule has 12 heavy (non-hydrogen) atoms. The second-order valence-electron chi connectivity index (χ2n) is 2.63. The zero-order valence-electron chi connectivity index (χ0n) is 6.32. The Bertz CT molecular complexity index is 448. The summed E-state index contributed by atoms with van der Waals surface area (Å²) in [5, 5.41) is 10.5. The smallest absolute Gasteiger partial charge is 0.250 e. The Labute approximate surface area is 68.7 Å². The van der Waals surface area contributed by atoms with Crippen LogP contribution in [0.2, 0.25) is 0 Å². The lowest BCUT2D eigenvalue weighted by Gasteiger charge is -1.99. The Morgan fingerprint density at radius 1 is 1.42 bits per heavy atom. The van der Waals surface area contributed by atoms with Crippen molar-refractivity contribution in [1.82, 2.24) is 0 Å². The van der Waals surface area contributed by atoms with E-state index in [0.29, 0.717) is 11.8 Å². The molecule has 0 aliphatic carbocycles. The van der Waals surface area contributed by atoms with Crippen LogP contribution in [0.3, 0.4) is 0 Å². The van der Waals surface area contributed by atoms with Crippen molar-refractivity contribution >= 4 is 12.0 Å². The molecule has 0 fully saturated rings. The fourth-order valence-corrected chi connectivity index (χ4v) is 1.20. The van der Waals surface area contributed by atoms with Gasteiger partial charge in [-0.1, -0.05) is 18.2 Å². The number of para-hydroxylation sites is 1. The van der Waals surface area contributed by atoms with Crippen LogP contribution in [-0.2, 0) is 4.79 Å². The number of carbonyl (C=O) groups is 1. The average Bonchev–Trinajstić information content (AvgIpc) is 2.07. The topological polar surface area (TPSA) is 49.7 Å². The maximum atomic E-state index is 10.9. The van der Waals surface area contributed by atoms with Crippen molar-refractivity contribution in [3.8, 4) is 5.75 Å². The zero-order valence-corrected chi connectivity index (χ0v) is 6.32. The fourth-order valence-electron chi connectivity index (χ4n) is 1.20.